The first-order valence-corrected chi connectivity index (χ1v) is 7.95. The SMILES string of the molecule is COc1ccc2c(CC(=O)Oc3ccc(C(C)=O)cc3OC)coc2c1. The Morgan fingerprint density at radius 3 is 2.50 bits per heavy atom. The lowest BCUT2D eigenvalue weighted by Gasteiger charge is -2.10. The number of carbonyl (C=O) groups excluding carboxylic acids is 2. The molecular weight excluding hydrogens is 336 g/mol. The first-order valence-electron chi connectivity index (χ1n) is 7.95. The zero-order valence-corrected chi connectivity index (χ0v) is 14.7. The second-order valence-corrected chi connectivity index (χ2v) is 5.70. The van der Waals surface area contributed by atoms with Crippen LogP contribution in [0.25, 0.3) is 11.0 Å². The molecule has 0 radical (unpaired) electrons. The summed E-state index contributed by atoms with van der Waals surface area (Å²) >= 11 is 0. The van der Waals surface area contributed by atoms with Gasteiger partial charge in [0, 0.05) is 22.6 Å². The van der Waals surface area contributed by atoms with Crippen LogP contribution in [0.5, 0.6) is 17.2 Å². The van der Waals surface area contributed by atoms with Crippen molar-refractivity contribution in [3.8, 4) is 17.2 Å². The second-order valence-electron chi connectivity index (χ2n) is 5.70. The van der Waals surface area contributed by atoms with Crippen molar-refractivity contribution < 1.29 is 28.2 Å². The molecule has 0 unspecified atom stereocenters. The standard InChI is InChI=1S/C20H18O6/c1-12(21)13-4-7-17(19(8-13)24-3)26-20(22)9-14-11-25-18-10-15(23-2)5-6-16(14)18/h4-8,10-11H,9H2,1-3H3. The van der Waals surface area contributed by atoms with E-state index in [9.17, 15) is 9.59 Å². The fourth-order valence-electron chi connectivity index (χ4n) is 2.61. The molecule has 0 saturated heterocycles. The van der Waals surface area contributed by atoms with Crippen molar-refractivity contribution in [2.75, 3.05) is 14.2 Å². The molecular formula is C20H18O6. The fraction of sp³-hybridized carbons (Fsp3) is 0.200. The molecule has 3 rings (SSSR count). The molecule has 0 amide bonds. The van der Waals surface area contributed by atoms with Crippen LogP contribution in [0.1, 0.15) is 22.8 Å². The van der Waals surface area contributed by atoms with E-state index in [4.69, 9.17) is 18.6 Å². The van der Waals surface area contributed by atoms with Crippen molar-refractivity contribution in [1.29, 1.82) is 0 Å². The number of benzene rings is 2. The van der Waals surface area contributed by atoms with Gasteiger partial charge in [0.25, 0.3) is 0 Å². The van der Waals surface area contributed by atoms with Gasteiger partial charge in [-0.3, -0.25) is 9.59 Å². The Labute approximate surface area is 150 Å². The van der Waals surface area contributed by atoms with Gasteiger partial charge in [-0.1, -0.05) is 0 Å². The van der Waals surface area contributed by atoms with Crippen molar-refractivity contribution in [3.05, 3.63) is 53.8 Å². The Hall–Kier alpha value is -3.28. The van der Waals surface area contributed by atoms with E-state index >= 15 is 0 Å². The minimum Gasteiger partial charge on any atom is -0.497 e. The number of hydrogen-bond donors (Lipinski definition) is 0. The second kappa shape index (κ2) is 7.31. The van der Waals surface area contributed by atoms with Gasteiger partial charge in [-0.25, -0.2) is 0 Å². The Morgan fingerprint density at radius 1 is 1.00 bits per heavy atom. The first kappa shape index (κ1) is 17.5. The van der Waals surface area contributed by atoms with Crippen LogP contribution in [-0.2, 0) is 11.2 Å². The average molecular weight is 354 g/mol. The van der Waals surface area contributed by atoms with Gasteiger partial charge in [0.2, 0.25) is 0 Å². The summed E-state index contributed by atoms with van der Waals surface area (Å²) in [5, 5.41) is 0.821. The van der Waals surface area contributed by atoms with Crippen molar-refractivity contribution in [3.63, 3.8) is 0 Å². The molecule has 6 heteroatoms. The van der Waals surface area contributed by atoms with E-state index in [-0.39, 0.29) is 18.0 Å². The normalized spacial score (nSPS) is 10.6. The molecule has 3 aromatic rings. The van der Waals surface area contributed by atoms with Gasteiger partial charge in [0.1, 0.15) is 11.3 Å². The summed E-state index contributed by atoms with van der Waals surface area (Å²) in [5.41, 5.74) is 1.83. The van der Waals surface area contributed by atoms with Crippen molar-refractivity contribution >= 4 is 22.7 Å². The summed E-state index contributed by atoms with van der Waals surface area (Å²) in [6, 6.07) is 10.1. The molecule has 0 saturated carbocycles. The van der Waals surface area contributed by atoms with Crippen molar-refractivity contribution in [2.45, 2.75) is 13.3 Å². The lowest BCUT2D eigenvalue weighted by atomic mass is 10.1. The van der Waals surface area contributed by atoms with E-state index in [1.54, 1.807) is 37.4 Å². The van der Waals surface area contributed by atoms with Crippen molar-refractivity contribution in [2.24, 2.45) is 0 Å². The molecule has 0 N–H and O–H groups in total. The van der Waals surface area contributed by atoms with Crippen LogP contribution >= 0.6 is 0 Å². The summed E-state index contributed by atoms with van der Waals surface area (Å²) in [6.45, 7) is 1.46. The van der Waals surface area contributed by atoms with Crippen LogP contribution in [-0.4, -0.2) is 26.0 Å². The molecule has 0 atom stereocenters. The Kier molecular flexibility index (Phi) is 4.93. The van der Waals surface area contributed by atoms with E-state index < -0.39 is 5.97 Å². The molecule has 0 spiro atoms. The molecule has 26 heavy (non-hydrogen) atoms. The highest BCUT2D eigenvalue weighted by molar-refractivity contribution is 5.95. The summed E-state index contributed by atoms with van der Waals surface area (Å²) < 4.78 is 21.2. The molecule has 0 aliphatic heterocycles. The molecule has 1 heterocycles. The Balaban J connectivity index is 1.78. The van der Waals surface area contributed by atoms with E-state index in [0.717, 1.165) is 5.39 Å². The highest BCUT2D eigenvalue weighted by atomic mass is 16.6. The van der Waals surface area contributed by atoms with E-state index in [1.807, 2.05) is 6.07 Å². The predicted octanol–water partition coefficient (Wildman–Crippen LogP) is 3.80. The summed E-state index contributed by atoms with van der Waals surface area (Å²) in [6.07, 6.45) is 1.57. The van der Waals surface area contributed by atoms with Crippen LogP contribution in [0.3, 0.4) is 0 Å². The number of furan rings is 1. The van der Waals surface area contributed by atoms with Crippen LogP contribution in [0.15, 0.2) is 47.1 Å². The van der Waals surface area contributed by atoms with Gasteiger partial charge in [-0.05, 0) is 37.3 Å². The highest BCUT2D eigenvalue weighted by Gasteiger charge is 2.16. The lowest BCUT2D eigenvalue weighted by Crippen LogP contribution is -2.12. The smallest absolute Gasteiger partial charge is 0.315 e. The molecule has 134 valence electrons. The summed E-state index contributed by atoms with van der Waals surface area (Å²) in [5.74, 6) is 0.708. The first-order chi connectivity index (χ1) is 12.5. The zero-order valence-electron chi connectivity index (χ0n) is 14.7. The molecule has 0 fully saturated rings. The zero-order chi connectivity index (χ0) is 18.7. The lowest BCUT2D eigenvalue weighted by molar-refractivity contribution is -0.133. The van der Waals surface area contributed by atoms with E-state index in [2.05, 4.69) is 0 Å². The maximum absolute atomic E-state index is 12.3. The topological polar surface area (TPSA) is 75.0 Å². The molecule has 0 bridgehead atoms. The number of rotatable bonds is 6. The molecule has 6 nitrogen and oxygen atoms in total. The number of Topliss-reactive ketones (excluding diaryl/α,β-unsaturated/α-hetero) is 1. The maximum Gasteiger partial charge on any atom is 0.315 e. The van der Waals surface area contributed by atoms with Gasteiger partial charge in [-0.15, -0.1) is 0 Å². The van der Waals surface area contributed by atoms with E-state index in [0.29, 0.717) is 28.2 Å². The molecule has 0 aliphatic rings. The average Bonchev–Trinajstić information content (AvgIpc) is 3.03. The summed E-state index contributed by atoms with van der Waals surface area (Å²) in [7, 11) is 3.03. The number of ether oxygens (including phenoxy) is 3. The highest BCUT2D eigenvalue weighted by Crippen LogP contribution is 2.30. The van der Waals surface area contributed by atoms with Gasteiger partial charge in [0.05, 0.1) is 26.9 Å². The number of ketones is 1. The molecule has 0 aliphatic carbocycles. The number of carbonyl (C=O) groups is 2. The van der Waals surface area contributed by atoms with E-state index in [1.165, 1.54) is 20.3 Å². The quantitative estimate of drug-likeness (QED) is 0.381. The van der Waals surface area contributed by atoms with Gasteiger partial charge >= 0.3 is 5.97 Å². The number of fused-ring (bicyclic) bond motifs is 1. The largest absolute Gasteiger partial charge is 0.497 e. The van der Waals surface area contributed by atoms with Gasteiger partial charge < -0.3 is 18.6 Å². The minimum atomic E-state index is -0.461. The number of methoxy groups -OCH3 is 2. The summed E-state index contributed by atoms with van der Waals surface area (Å²) in [4.78, 5) is 23.8. The van der Waals surface area contributed by atoms with Crippen molar-refractivity contribution in [1.82, 2.24) is 0 Å². The van der Waals surface area contributed by atoms with Crippen LogP contribution < -0.4 is 14.2 Å². The number of esters is 1. The third-order valence-electron chi connectivity index (χ3n) is 3.99. The Morgan fingerprint density at radius 2 is 1.81 bits per heavy atom. The molecule has 1 aromatic heterocycles. The van der Waals surface area contributed by atoms with Gasteiger partial charge in [0.15, 0.2) is 17.3 Å². The molecule has 2 aromatic carbocycles. The fourth-order valence-corrected chi connectivity index (χ4v) is 2.61. The Bertz CT molecular complexity index is 970. The number of hydrogen-bond acceptors (Lipinski definition) is 6. The van der Waals surface area contributed by atoms with Gasteiger partial charge in [-0.2, -0.15) is 0 Å². The van der Waals surface area contributed by atoms with Crippen LogP contribution in [0, 0.1) is 0 Å². The third-order valence-corrected chi connectivity index (χ3v) is 3.99. The maximum atomic E-state index is 12.3. The van der Waals surface area contributed by atoms with Crippen LogP contribution in [0.4, 0.5) is 0 Å². The van der Waals surface area contributed by atoms with Crippen LogP contribution in [0.2, 0.25) is 0 Å². The monoisotopic (exact) mass is 354 g/mol. The third kappa shape index (κ3) is 3.54. The minimum absolute atomic E-state index is 0.0386. The predicted molar refractivity (Wildman–Crippen MR) is 95.1 cm³/mol.